The van der Waals surface area contributed by atoms with Crippen LogP contribution in [0.15, 0.2) is 47.1 Å². The smallest absolute Gasteiger partial charge is 0.287 e. The number of furan rings is 1. The Labute approximate surface area is 142 Å². The van der Waals surface area contributed by atoms with Gasteiger partial charge in [-0.15, -0.1) is 0 Å². The quantitative estimate of drug-likeness (QED) is 0.793. The minimum atomic E-state index is -0.238. The number of benzene rings is 1. The van der Waals surface area contributed by atoms with Crippen molar-refractivity contribution in [2.45, 2.75) is 33.2 Å². The van der Waals surface area contributed by atoms with E-state index in [1.165, 1.54) is 6.26 Å². The first-order valence-electron chi connectivity index (χ1n) is 8.19. The number of carbonyl (C=O) groups excluding carboxylic acids is 2. The lowest BCUT2D eigenvalue weighted by Crippen LogP contribution is -2.37. The molecule has 24 heavy (non-hydrogen) atoms. The summed E-state index contributed by atoms with van der Waals surface area (Å²) >= 11 is 0. The summed E-state index contributed by atoms with van der Waals surface area (Å²) in [5, 5.41) is 2.86. The molecule has 1 heterocycles. The van der Waals surface area contributed by atoms with Crippen molar-refractivity contribution in [3.63, 3.8) is 0 Å². The molecule has 0 aliphatic heterocycles. The first kappa shape index (κ1) is 17.8. The summed E-state index contributed by atoms with van der Waals surface area (Å²) < 4.78 is 5.36. The predicted molar refractivity (Wildman–Crippen MR) is 93.6 cm³/mol. The number of hydrogen-bond donors (Lipinski definition) is 1. The molecule has 0 bridgehead atoms. The van der Waals surface area contributed by atoms with Crippen LogP contribution in [0.2, 0.25) is 0 Å². The van der Waals surface area contributed by atoms with Crippen LogP contribution < -0.4 is 5.32 Å². The minimum Gasteiger partial charge on any atom is -0.459 e. The van der Waals surface area contributed by atoms with Gasteiger partial charge in [0.05, 0.1) is 6.26 Å². The van der Waals surface area contributed by atoms with Gasteiger partial charge in [0.25, 0.3) is 5.91 Å². The molecule has 0 saturated carbocycles. The van der Waals surface area contributed by atoms with Gasteiger partial charge in [-0.05, 0) is 31.9 Å². The van der Waals surface area contributed by atoms with Gasteiger partial charge in [-0.3, -0.25) is 9.59 Å². The van der Waals surface area contributed by atoms with Crippen LogP contribution in [0.4, 0.5) is 0 Å². The summed E-state index contributed by atoms with van der Waals surface area (Å²) in [6.45, 7) is 6.64. The highest BCUT2D eigenvalue weighted by Crippen LogP contribution is 2.24. The fraction of sp³-hybridized carbons (Fsp3) is 0.368. The third-order valence-electron chi connectivity index (χ3n) is 3.85. The molecular weight excluding hydrogens is 304 g/mol. The molecule has 5 nitrogen and oxygen atoms in total. The molecule has 0 radical (unpaired) electrons. The maximum atomic E-state index is 12.3. The lowest BCUT2D eigenvalue weighted by atomic mass is 10.1. The first-order chi connectivity index (χ1) is 11.5. The zero-order chi connectivity index (χ0) is 17.5. The van der Waals surface area contributed by atoms with Gasteiger partial charge in [0.2, 0.25) is 5.91 Å². The molecule has 0 unspecified atom stereocenters. The monoisotopic (exact) mass is 328 g/mol. The lowest BCUT2D eigenvalue weighted by molar-refractivity contribution is -0.130. The molecule has 0 aliphatic rings. The zero-order valence-electron chi connectivity index (χ0n) is 14.4. The van der Waals surface area contributed by atoms with Crippen LogP contribution in [0.1, 0.15) is 37.7 Å². The van der Waals surface area contributed by atoms with E-state index in [9.17, 15) is 9.59 Å². The van der Waals surface area contributed by atoms with E-state index in [1.807, 2.05) is 44.2 Å². The number of nitrogens with zero attached hydrogens (tertiary/aromatic N) is 1. The van der Waals surface area contributed by atoms with Crippen molar-refractivity contribution in [1.82, 2.24) is 10.2 Å². The highest BCUT2D eigenvalue weighted by Gasteiger charge is 2.17. The Hall–Kier alpha value is -2.56. The van der Waals surface area contributed by atoms with Crippen molar-refractivity contribution in [2.24, 2.45) is 0 Å². The minimum absolute atomic E-state index is 0.0497. The second-order valence-electron chi connectivity index (χ2n) is 5.95. The predicted octanol–water partition coefficient (Wildman–Crippen LogP) is 3.32. The molecule has 1 N–H and O–H groups in total. The summed E-state index contributed by atoms with van der Waals surface area (Å²) in [5.74, 6) is 0.125. The summed E-state index contributed by atoms with van der Waals surface area (Å²) in [5.41, 5.74) is 1.72. The van der Waals surface area contributed by atoms with Gasteiger partial charge in [0.15, 0.2) is 5.76 Å². The maximum absolute atomic E-state index is 12.3. The Balaban J connectivity index is 1.90. The van der Waals surface area contributed by atoms with Crippen molar-refractivity contribution < 1.29 is 14.0 Å². The van der Waals surface area contributed by atoms with Crippen molar-refractivity contribution >= 4 is 11.8 Å². The fourth-order valence-corrected chi connectivity index (χ4v) is 2.64. The third kappa shape index (κ3) is 4.47. The SMILES string of the molecule is CC(=O)N(CCCNC(=O)c1occc1-c1ccccc1)C(C)C. The average Bonchev–Trinajstić information content (AvgIpc) is 3.04. The Bertz CT molecular complexity index is 677. The van der Waals surface area contributed by atoms with Crippen LogP contribution >= 0.6 is 0 Å². The van der Waals surface area contributed by atoms with Crippen LogP contribution in [-0.2, 0) is 4.79 Å². The second kappa shape index (κ2) is 8.34. The molecule has 128 valence electrons. The van der Waals surface area contributed by atoms with Crippen molar-refractivity contribution in [2.75, 3.05) is 13.1 Å². The Kier molecular flexibility index (Phi) is 6.18. The van der Waals surface area contributed by atoms with Crippen LogP contribution in [-0.4, -0.2) is 35.8 Å². The Morgan fingerprint density at radius 3 is 2.50 bits per heavy atom. The van der Waals surface area contributed by atoms with Crippen molar-refractivity contribution in [3.8, 4) is 11.1 Å². The highest BCUT2D eigenvalue weighted by molar-refractivity contribution is 5.98. The van der Waals surface area contributed by atoms with E-state index in [2.05, 4.69) is 5.32 Å². The van der Waals surface area contributed by atoms with E-state index in [1.54, 1.807) is 17.9 Å². The fourth-order valence-electron chi connectivity index (χ4n) is 2.64. The molecule has 1 aromatic carbocycles. The second-order valence-corrected chi connectivity index (χ2v) is 5.95. The van der Waals surface area contributed by atoms with Crippen molar-refractivity contribution in [3.05, 3.63) is 48.4 Å². The van der Waals surface area contributed by atoms with Gasteiger partial charge >= 0.3 is 0 Å². The zero-order valence-corrected chi connectivity index (χ0v) is 14.4. The lowest BCUT2D eigenvalue weighted by Gasteiger charge is -2.25. The van der Waals surface area contributed by atoms with E-state index in [0.29, 0.717) is 25.3 Å². The standard InChI is InChI=1S/C19H24N2O3/c1-14(2)21(15(3)22)12-7-11-20-19(23)18-17(10-13-24-18)16-8-5-4-6-9-16/h4-6,8-10,13-14H,7,11-12H2,1-3H3,(H,20,23). The Morgan fingerprint density at radius 2 is 1.88 bits per heavy atom. The van der Waals surface area contributed by atoms with E-state index in [-0.39, 0.29) is 17.9 Å². The maximum Gasteiger partial charge on any atom is 0.287 e. The molecule has 0 fully saturated rings. The number of carbonyl (C=O) groups is 2. The molecule has 1 aromatic heterocycles. The summed E-state index contributed by atoms with van der Waals surface area (Å²) in [6, 6.07) is 11.6. The number of nitrogens with one attached hydrogen (secondary N) is 1. The van der Waals surface area contributed by atoms with Gasteiger partial charge in [-0.25, -0.2) is 0 Å². The molecule has 5 heteroatoms. The summed E-state index contributed by atoms with van der Waals surface area (Å²) in [7, 11) is 0. The molecular formula is C19H24N2O3. The van der Waals surface area contributed by atoms with E-state index in [0.717, 1.165) is 11.1 Å². The molecule has 0 saturated heterocycles. The van der Waals surface area contributed by atoms with Crippen LogP contribution in [0.3, 0.4) is 0 Å². The van der Waals surface area contributed by atoms with Crippen molar-refractivity contribution in [1.29, 1.82) is 0 Å². The number of amides is 2. The van der Waals surface area contributed by atoms with Gasteiger partial charge in [0.1, 0.15) is 0 Å². The van der Waals surface area contributed by atoms with Gasteiger partial charge in [-0.2, -0.15) is 0 Å². The molecule has 0 aliphatic carbocycles. The Morgan fingerprint density at radius 1 is 1.17 bits per heavy atom. The van der Waals surface area contributed by atoms with E-state index < -0.39 is 0 Å². The highest BCUT2D eigenvalue weighted by atomic mass is 16.3. The molecule has 0 atom stereocenters. The topological polar surface area (TPSA) is 62.6 Å². The molecule has 2 aromatic rings. The third-order valence-corrected chi connectivity index (χ3v) is 3.85. The molecule has 2 rings (SSSR count). The van der Waals surface area contributed by atoms with Gasteiger partial charge in [0, 0.05) is 31.6 Å². The van der Waals surface area contributed by atoms with Crippen LogP contribution in [0, 0.1) is 0 Å². The van der Waals surface area contributed by atoms with Crippen LogP contribution in [0.25, 0.3) is 11.1 Å². The number of rotatable bonds is 7. The van der Waals surface area contributed by atoms with Crippen LogP contribution in [0.5, 0.6) is 0 Å². The van der Waals surface area contributed by atoms with Gasteiger partial charge < -0.3 is 14.6 Å². The average molecular weight is 328 g/mol. The van der Waals surface area contributed by atoms with E-state index in [4.69, 9.17) is 4.42 Å². The normalized spacial score (nSPS) is 10.7. The summed E-state index contributed by atoms with van der Waals surface area (Å²) in [4.78, 5) is 25.6. The molecule has 2 amide bonds. The molecule has 0 spiro atoms. The first-order valence-corrected chi connectivity index (χ1v) is 8.19. The number of hydrogen-bond acceptors (Lipinski definition) is 3. The van der Waals surface area contributed by atoms with E-state index >= 15 is 0 Å². The van der Waals surface area contributed by atoms with Gasteiger partial charge in [-0.1, -0.05) is 30.3 Å². The largest absolute Gasteiger partial charge is 0.459 e. The summed E-state index contributed by atoms with van der Waals surface area (Å²) in [6.07, 6.45) is 2.22.